The van der Waals surface area contributed by atoms with Crippen molar-refractivity contribution in [1.82, 2.24) is 0 Å². The molecule has 0 spiro atoms. The molecule has 0 fully saturated rings. The highest BCUT2D eigenvalue weighted by atomic mass is 79.9. The molecule has 0 aromatic heterocycles. The fraction of sp³-hybridized carbons (Fsp3) is 0.455. The van der Waals surface area contributed by atoms with Crippen LogP contribution in [-0.2, 0) is 0 Å². The number of rotatable bonds is 3. The molecule has 15 heavy (non-hydrogen) atoms. The standard InChI is InChI=1S/C11H13BrF2O/c1-7(2)8-3-5-9(6-4-8)10(15)11(12,13)14/h3-7,10,15H,1-2H3. The topological polar surface area (TPSA) is 20.2 Å². The number of alkyl halides is 3. The van der Waals surface area contributed by atoms with Crippen LogP contribution >= 0.6 is 15.9 Å². The predicted molar refractivity (Wildman–Crippen MR) is 59.4 cm³/mol. The molecule has 1 nitrogen and oxygen atoms in total. The Morgan fingerprint density at radius 2 is 1.53 bits per heavy atom. The zero-order valence-electron chi connectivity index (χ0n) is 8.55. The molecule has 1 aromatic carbocycles. The Kier molecular flexibility index (Phi) is 3.84. The number of benzene rings is 1. The molecule has 0 aliphatic rings. The van der Waals surface area contributed by atoms with Crippen molar-refractivity contribution in [3.63, 3.8) is 0 Å². The van der Waals surface area contributed by atoms with E-state index in [1.165, 1.54) is 12.1 Å². The van der Waals surface area contributed by atoms with Gasteiger partial charge in [-0.25, -0.2) is 0 Å². The van der Waals surface area contributed by atoms with E-state index in [0.29, 0.717) is 5.92 Å². The third-order valence-electron chi connectivity index (χ3n) is 2.23. The summed E-state index contributed by atoms with van der Waals surface area (Å²) >= 11 is 2.14. The molecule has 1 aromatic rings. The van der Waals surface area contributed by atoms with E-state index in [-0.39, 0.29) is 5.56 Å². The molecule has 0 amide bonds. The van der Waals surface area contributed by atoms with Crippen LogP contribution in [0.4, 0.5) is 8.78 Å². The van der Waals surface area contributed by atoms with E-state index in [0.717, 1.165) is 5.56 Å². The summed E-state index contributed by atoms with van der Waals surface area (Å²) in [5.74, 6) is 0.348. The number of hydrogen-bond donors (Lipinski definition) is 1. The first kappa shape index (κ1) is 12.6. The summed E-state index contributed by atoms with van der Waals surface area (Å²) in [6.45, 7) is 4.04. The van der Waals surface area contributed by atoms with E-state index in [4.69, 9.17) is 0 Å². The van der Waals surface area contributed by atoms with Crippen molar-refractivity contribution in [1.29, 1.82) is 0 Å². The maximum Gasteiger partial charge on any atom is 0.330 e. The maximum absolute atomic E-state index is 12.7. The van der Waals surface area contributed by atoms with Crippen LogP contribution in [0.2, 0.25) is 0 Å². The Hall–Kier alpha value is -0.480. The van der Waals surface area contributed by atoms with E-state index in [1.807, 2.05) is 13.8 Å². The van der Waals surface area contributed by atoms with Crippen molar-refractivity contribution >= 4 is 15.9 Å². The minimum atomic E-state index is -3.29. The van der Waals surface area contributed by atoms with Crippen LogP contribution in [-0.4, -0.2) is 9.94 Å². The molecule has 1 atom stereocenters. The van der Waals surface area contributed by atoms with Gasteiger partial charge in [0.25, 0.3) is 0 Å². The second-order valence-corrected chi connectivity index (χ2v) is 4.82. The van der Waals surface area contributed by atoms with Gasteiger partial charge in [-0.15, -0.1) is 0 Å². The first-order valence-corrected chi connectivity index (χ1v) is 5.46. The SMILES string of the molecule is CC(C)c1ccc(C(O)C(F)(F)Br)cc1. The van der Waals surface area contributed by atoms with Gasteiger partial charge in [0.1, 0.15) is 0 Å². The molecule has 4 heteroatoms. The van der Waals surface area contributed by atoms with Gasteiger partial charge in [0.05, 0.1) is 0 Å². The highest BCUT2D eigenvalue weighted by Crippen LogP contribution is 2.36. The number of aliphatic hydroxyl groups excluding tert-OH is 1. The quantitative estimate of drug-likeness (QED) is 0.834. The van der Waals surface area contributed by atoms with Gasteiger partial charge < -0.3 is 5.11 Å². The lowest BCUT2D eigenvalue weighted by atomic mass is 10.0. The molecule has 1 unspecified atom stereocenters. The van der Waals surface area contributed by atoms with Crippen molar-refractivity contribution < 1.29 is 13.9 Å². The lowest BCUT2D eigenvalue weighted by Crippen LogP contribution is -2.18. The smallest absolute Gasteiger partial charge is 0.330 e. The minimum absolute atomic E-state index is 0.210. The summed E-state index contributed by atoms with van der Waals surface area (Å²) < 4.78 is 25.5. The summed E-state index contributed by atoms with van der Waals surface area (Å²) in [5.41, 5.74) is 1.27. The van der Waals surface area contributed by atoms with Crippen LogP contribution in [0.15, 0.2) is 24.3 Å². The van der Waals surface area contributed by atoms with Crippen molar-refractivity contribution in [2.45, 2.75) is 30.7 Å². The van der Waals surface area contributed by atoms with Crippen molar-refractivity contribution in [3.8, 4) is 0 Å². The molecule has 84 valence electrons. The molecule has 1 N–H and O–H groups in total. The zero-order chi connectivity index (χ0) is 11.6. The summed E-state index contributed by atoms with van der Waals surface area (Å²) in [4.78, 5) is -3.29. The van der Waals surface area contributed by atoms with Gasteiger partial charge in [0, 0.05) is 0 Å². The summed E-state index contributed by atoms with van der Waals surface area (Å²) in [5, 5.41) is 9.29. The molecule has 0 bridgehead atoms. The highest BCUT2D eigenvalue weighted by Gasteiger charge is 2.35. The third-order valence-corrected chi connectivity index (χ3v) is 2.66. The van der Waals surface area contributed by atoms with Gasteiger partial charge in [-0.2, -0.15) is 8.78 Å². The summed E-state index contributed by atoms with van der Waals surface area (Å²) in [6.07, 6.45) is -1.81. The van der Waals surface area contributed by atoms with E-state index in [2.05, 4.69) is 15.9 Å². The maximum atomic E-state index is 12.7. The number of aliphatic hydroxyl groups is 1. The molecule has 0 aliphatic carbocycles. The monoisotopic (exact) mass is 278 g/mol. The lowest BCUT2D eigenvalue weighted by molar-refractivity contribution is -0.0294. The van der Waals surface area contributed by atoms with Gasteiger partial charge in [0.2, 0.25) is 0 Å². The van der Waals surface area contributed by atoms with Gasteiger partial charge in [-0.3, -0.25) is 0 Å². The van der Waals surface area contributed by atoms with Crippen molar-refractivity contribution in [2.75, 3.05) is 0 Å². The molecular formula is C11H13BrF2O. The predicted octanol–water partition coefficient (Wildman–Crippen LogP) is 3.83. The average molecular weight is 279 g/mol. The second kappa shape index (κ2) is 4.58. The van der Waals surface area contributed by atoms with E-state index >= 15 is 0 Å². The Morgan fingerprint density at radius 3 is 1.87 bits per heavy atom. The summed E-state index contributed by atoms with van der Waals surface area (Å²) in [6, 6.07) is 6.55. The third kappa shape index (κ3) is 3.24. The van der Waals surface area contributed by atoms with Gasteiger partial charge >= 0.3 is 4.83 Å². The Morgan fingerprint density at radius 1 is 1.13 bits per heavy atom. The molecule has 1 rings (SSSR count). The van der Waals surface area contributed by atoms with Gasteiger partial charge in [-0.05, 0) is 33.0 Å². The lowest BCUT2D eigenvalue weighted by Gasteiger charge is -2.17. The van der Waals surface area contributed by atoms with Crippen LogP contribution in [0.25, 0.3) is 0 Å². The largest absolute Gasteiger partial charge is 0.381 e. The van der Waals surface area contributed by atoms with Gasteiger partial charge in [0.15, 0.2) is 6.10 Å². The Balaban J connectivity index is 2.89. The number of halogens is 3. The highest BCUT2D eigenvalue weighted by molar-refractivity contribution is 9.10. The fourth-order valence-electron chi connectivity index (χ4n) is 1.25. The van der Waals surface area contributed by atoms with Crippen LogP contribution < -0.4 is 0 Å². The fourth-order valence-corrected chi connectivity index (χ4v) is 1.52. The normalized spacial score (nSPS) is 14.3. The second-order valence-electron chi connectivity index (χ2n) is 3.77. The molecule has 0 radical (unpaired) electrons. The van der Waals surface area contributed by atoms with Crippen molar-refractivity contribution in [3.05, 3.63) is 35.4 Å². The van der Waals surface area contributed by atoms with Crippen LogP contribution in [0.1, 0.15) is 37.0 Å². The van der Waals surface area contributed by atoms with Gasteiger partial charge in [-0.1, -0.05) is 38.1 Å². The zero-order valence-corrected chi connectivity index (χ0v) is 10.1. The molecule has 0 aliphatic heterocycles. The summed E-state index contributed by atoms with van der Waals surface area (Å²) in [7, 11) is 0. The van der Waals surface area contributed by atoms with E-state index < -0.39 is 10.9 Å². The van der Waals surface area contributed by atoms with E-state index in [9.17, 15) is 13.9 Å². The Labute approximate surface area is 96.2 Å². The first-order valence-electron chi connectivity index (χ1n) is 4.67. The van der Waals surface area contributed by atoms with Crippen LogP contribution in [0.5, 0.6) is 0 Å². The average Bonchev–Trinajstić information content (AvgIpc) is 2.15. The molecule has 0 saturated carbocycles. The van der Waals surface area contributed by atoms with Crippen molar-refractivity contribution in [2.24, 2.45) is 0 Å². The van der Waals surface area contributed by atoms with E-state index in [1.54, 1.807) is 12.1 Å². The first-order chi connectivity index (χ1) is 6.82. The number of hydrogen-bond acceptors (Lipinski definition) is 1. The molecule has 0 heterocycles. The van der Waals surface area contributed by atoms with Crippen LogP contribution in [0.3, 0.4) is 0 Å². The van der Waals surface area contributed by atoms with Crippen LogP contribution in [0, 0.1) is 0 Å². The minimum Gasteiger partial charge on any atom is -0.381 e. The Bertz CT molecular complexity index is 316. The molecular weight excluding hydrogens is 266 g/mol. The molecule has 0 saturated heterocycles.